The maximum Gasteiger partial charge on any atom is 0.311 e. The standard InChI is InChI=1S/C16H17NO2/c1-13-7-9-17-15(11-13)12-16(18)19-10-8-14-5-3-2-4-6-14/h2-7,9,11H,8,10,12H2,1H3. The van der Waals surface area contributed by atoms with E-state index in [9.17, 15) is 4.79 Å². The van der Waals surface area contributed by atoms with E-state index in [1.54, 1.807) is 6.20 Å². The lowest BCUT2D eigenvalue weighted by Gasteiger charge is -2.05. The zero-order valence-corrected chi connectivity index (χ0v) is 11.0. The van der Waals surface area contributed by atoms with Crippen LogP contribution in [0.5, 0.6) is 0 Å². The Morgan fingerprint density at radius 3 is 2.74 bits per heavy atom. The van der Waals surface area contributed by atoms with Gasteiger partial charge in [0.2, 0.25) is 0 Å². The number of carbonyl (C=O) groups excluding carboxylic acids is 1. The Balaban J connectivity index is 1.76. The molecule has 0 spiro atoms. The number of hydrogen-bond donors (Lipinski definition) is 0. The number of esters is 1. The van der Waals surface area contributed by atoms with Gasteiger partial charge in [-0.25, -0.2) is 0 Å². The minimum atomic E-state index is -0.228. The molecule has 0 N–H and O–H groups in total. The second kappa shape index (κ2) is 6.69. The highest BCUT2D eigenvalue weighted by Crippen LogP contribution is 2.03. The maximum atomic E-state index is 11.7. The van der Waals surface area contributed by atoms with Crippen LogP contribution in [0, 0.1) is 6.92 Å². The van der Waals surface area contributed by atoms with Crippen molar-refractivity contribution in [2.24, 2.45) is 0 Å². The third-order valence-corrected chi connectivity index (χ3v) is 2.79. The summed E-state index contributed by atoms with van der Waals surface area (Å²) >= 11 is 0. The van der Waals surface area contributed by atoms with Crippen LogP contribution in [-0.2, 0) is 22.4 Å². The van der Waals surface area contributed by atoms with Gasteiger partial charge >= 0.3 is 5.97 Å². The van der Waals surface area contributed by atoms with Crippen LogP contribution in [0.4, 0.5) is 0 Å². The monoisotopic (exact) mass is 255 g/mol. The molecule has 0 unspecified atom stereocenters. The van der Waals surface area contributed by atoms with Gasteiger partial charge in [0.15, 0.2) is 0 Å². The van der Waals surface area contributed by atoms with Gasteiger partial charge in [0.25, 0.3) is 0 Å². The Morgan fingerprint density at radius 1 is 1.21 bits per heavy atom. The molecule has 3 heteroatoms. The van der Waals surface area contributed by atoms with Crippen LogP contribution in [0.25, 0.3) is 0 Å². The first kappa shape index (κ1) is 13.3. The van der Waals surface area contributed by atoms with E-state index in [2.05, 4.69) is 4.98 Å². The van der Waals surface area contributed by atoms with Crippen LogP contribution < -0.4 is 0 Å². The Morgan fingerprint density at radius 2 is 2.00 bits per heavy atom. The zero-order valence-electron chi connectivity index (χ0n) is 11.0. The van der Waals surface area contributed by atoms with Gasteiger partial charge in [-0.3, -0.25) is 9.78 Å². The molecule has 0 amide bonds. The fourth-order valence-electron chi connectivity index (χ4n) is 1.82. The van der Waals surface area contributed by atoms with Gasteiger partial charge in [-0.05, 0) is 30.2 Å². The molecule has 0 atom stereocenters. The number of pyridine rings is 1. The second-order valence-electron chi connectivity index (χ2n) is 4.46. The van der Waals surface area contributed by atoms with Gasteiger partial charge in [0.1, 0.15) is 0 Å². The first-order valence-electron chi connectivity index (χ1n) is 6.35. The number of aryl methyl sites for hydroxylation is 1. The van der Waals surface area contributed by atoms with Crippen molar-refractivity contribution in [3.63, 3.8) is 0 Å². The molecule has 0 aliphatic rings. The van der Waals surface area contributed by atoms with Crippen molar-refractivity contribution >= 4 is 5.97 Å². The molecule has 2 aromatic rings. The smallest absolute Gasteiger partial charge is 0.311 e. The lowest BCUT2D eigenvalue weighted by Crippen LogP contribution is -2.11. The van der Waals surface area contributed by atoms with E-state index in [0.29, 0.717) is 6.61 Å². The summed E-state index contributed by atoms with van der Waals surface area (Å²) in [4.78, 5) is 15.8. The average Bonchev–Trinajstić information content (AvgIpc) is 2.40. The fourth-order valence-corrected chi connectivity index (χ4v) is 1.82. The Kier molecular flexibility index (Phi) is 4.67. The van der Waals surface area contributed by atoms with Gasteiger partial charge in [-0.1, -0.05) is 30.3 Å². The SMILES string of the molecule is Cc1ccnc(CC(=O)OCCc2ccccc2)c1. The largest absolute Gasteiger partial charge is 0.465 e. The molecular weight excluding hydrogens is 238 g/mol. The number of aromatic nitrogens is 1. The highest BCUT2D eigenvalue weighted by Gasteiger charge is 2.06. The fraction of sp³-hybridized carbons (Fsp3) is 0.250. The maximum absolute atomic E-state index is 11.7. The number of carbonyl (C=O) groups is 1. The van der Waals surface area contributed by atoms with Crippen LogP contribution in [0.15, 0.2) is 48.7 Å². The molecular formula is C16H17NO2. The molecule has 2 rings (SSSR count). The molecule has 0 aliphatic carbocycles. The third kappa shape index (κ3) is 4.54. The minimum absolute atomic E-state index is 0.228. The Bertz CT molecular complexity index is 537. The summed E-state index contributed by atoms with van der Waals surface area (Å²) in [7, 11) is 0. The number of benzene rings is 1. The van der Waals surface area contributed by atoms with Crippen LogP contribution in [-0.4, -0.2) is 17.6 Å². The highest BCUT2D eigenvalue weighted by molar-refractivity contribution is 5.72. The molecule has 0 fully saturated rings. The predicted octanol–water partition coefficient (Wildman–Crippen LogP) is 2.72. The number of rotatable bonds is 5. The van der Waals surface area contributed by atoms with Crippen molar-refractivity contribution in [2.45, 2.75) is 19.8 Å². The van der Waals surface area contributed by atoms with Crippen LogP contribution >= 0.6 is 0 Å². The van der Waals surface area contributed by atoms with Gasteiger partial charge in [-0.2, -0.15) is 0 Å². The first-order chi connectivity index (χ1) is 9.24. The average molecular weight is 255 g/mol. The molecule has 0 aliphatic heterocycles. The summed E-state index contributed by atoms with van der Waals surface area (Å²) in [6.45, 7) is 2.39. The molecule has 1 aromatic heterocycles. The highest BCUT2D eigenvalue weighted by atomic mass is 16.5. The summed E-state index contributed by atoms with van der Waals surface area (Å²) < 4.78 is 5.21. The van der Waals surface area contributed by atoms with Crippen LogP contribution in [0.2, 0.25) is 0 Å². The van der Waals surface area contributed by atoms with E-state index in [-0.39, 0.29) is 12.4 Å². The van der Waals surface area contributed by atoms with E-state index in [4.69, 9.17) is 4.74 Å². The van der Waals surface area contributed by atoms with E-state index < -0.39 is 0 Å². The number of hydrogen-bond acceptors (Lipinski definition) is 3. The summed E-state index contributed by atoms with van der Waals surface area (Å²) in [5, 5.41) is 0. The van der Waals surface area contributed by atoms with Crippen molar-refractivity contribution < 1.29 is 9.53 Å². The normalized spacial score (nSPS) is 10.2. The molecule has 0 bridgehead atoms. The van der Waals surface area contributed by atoms with Crippen molar-refractivity contribution in [2.75, 3.05) is 6.61 Å². The minimum Gasteiger partial charge on any atom is -0.465 e. The summed E-state index contributed by atoms with van der Waals surface area (Å²) in [6, 6.07) is 13.8. The van der Waals surface area contributed by atoms with Crippen molar-refractivity contribution in [1.29, 1.82) is 0 Å². The molecule has 19 heavy (non-hydrogen) atoms. The summed E-state index contributed by atoms with van der Waals surface area (Å²) in [5.41, 5.74) is 3.02. The van der Waals surface area contributed by atoms with E-state index >= 15 is 0 Å². The molecule has 1 aromatic carbocycles. The topological polar surface area (TPSA) is 39.2 Å². The summed E-state index contributed by atoms with van der Waals surface area (Å²) in [6.07, 6.45) is 2.69. The first-order valence-corrected chi connectivity index (χ1v) is 6.35. The van der Waals surface area contributed by atoms with Gasteiger partial charge in [0, 0.05) is 12.6 Å². The zero-order chi connectivity index (χ0) is 13.5. The van der Waals surface area contributed by atoms with Crippen LogP contribution in [0.3, 0.4) is 0 Å². The molecule has 98 valence electrons. The second-order valence-corrected chi connectivity index (χ2v) is 4.46. The van der Waals surface area contributed by atoms with Crippen molar-refractivity contribution in [1.82, 2.24) is 4.98 Å². The number of ether oxygens (including phenoxy) is 1. The van der Waals surface area contributed by atoms with Crippen LogP contribution in [0.1, 0.15) is 16.8 Å². The van der Waals surface area contributed by atoms with Gasteiger partial charge < -0.3 is 4.74 Å². The van der Waals surface area contributed by atoms with Gasteiger partial charge in [0.05, 0.1) is 18.7 Å². The third-order valence-electron chi connectivity index (χ3n) is 2.79. The molecule has 0 radical (unpaired) electrons. The van der Waals surface area contributed by atoms with Crippen molar-refractivity contribution in [3.05, 3.63) is 65.5 Å². The lowest BCUT2D eigenvalue weighted by molar-refractivity contribution is -0.142. The molecule has 3 nitrogen and oxygen atoms in total. The Labute approximate surface area is 113 Å². The predicted molar refractivity (Wildman–Crippen MR) is 73.8 cm³/mol. The quantitative estimate of drug-likeness (QED) is 0.771. The van der Waals surface area contributed by atoms with E-state index in [1.807, 2.05) is 49.4 Å². The van der Waals surface area contributed by atoms with Gasteiger partial charge in [-0.15, -0.1) is 0 Å². The molecule has 0 saturated carbocycles. The van der Waals surface area contributed by atoms with Crippen molar-refractivity contribution in [3.8, 4) is 0 Å². The van der Waals surface area contributed by atoms with E-state index in [0.717, 1.165) is 17.7 Å². The molecule has 0 saturated heterocycles. The lowest BCUT2D eigenvalue weighted by atomic mass is 10.2. The van der Waals surface area contributed by atoms with E-state index in [1.165, 1.54) is 5.56 Å². The number of nitrogens with zero attached hydrogens (tertiary/aromatic N) is 1. The molecule has 1 heterocycles. The summed E-state index contributed by atoms with van der Waals surface area (Å²) in [5.74, 6) is -0.228. The Hall–Kier alpha value is -2.16.